The summed E-state index contributed by atoms with van der Waals surface area (Å²) in [5, 5.41) is 10.1. The Bertz CT molecular complexity index is 1050. The van der Waals surface area contributed by atoms with Crippen molar-refractivity contribution in [3.05, 3.63) is 63.5 Å². The van der Waals surface area contributed by atoms with Crippen LogP contribution in [0.5, 0.6) is 11.5 Å². The number of carboxylic acid groups (broad SMARTS) is 1. The van der Waals surface area contributed by atoms with E-state index in [4.69, 9.17) is 33.3 Å². The first-order chi connectivity index (χ1) is 15.3. The molecule has 168 valence electrons. The third-order valence-electron chi connectivity index (χ3n) is 4.68. The van der Waals surface area contributed by atoms with Crippen LogP contribution in [0.2, 0.25) is 5.02 Å². The minimum Gasteiger partial charge on any atom is -0.490 e. The highest BCUT2D eigenvalue weighted by atomic mass is 35.5. The molecule has 6 nitrogen and oxygen atoms in total. The lowest BCUT2D eigenvalue weighted by Gasteiger charge is -2.21. The lowest BCUT2D eigenvalue weighted by molar-refractivity contribution is -0.145. The zero-order valence-corrected chi connectivity index (χ0v) is 19.9. The maximum atomic E-state index is 12.8. The molecule has 1 heterocycles. The Morgan fingerprint density at radius 1 is 1.19 bits per heavy atom. The van der Waals surface area contributed by atoms with Crippen LogP contribution in [0.25, 0.3) is 6.08 Å². The number of benzene rings is 2. The molecule has 0 aliphatic carbocycles. The molecule has 9 heteroatoms. The van der Waals surface area contributed by atoms with E-state index in [2.05, 4.69) is 0 Å². The van der Waals surface area contributed by atoms with E-state index in [0.717, 1.165) is 22.9 Å². The van der Waals surface area contributed by atoms with Gasteiger partial charge in [0.15, 0.2) is 11.5 Å². The van der Waals surface area contributed by atoms with Crippen LogP contribution in [0.15, 0.2) is 47.4 Å². The highest BCUT2D eigenvalue weighted by Gasteiger charge is 2.39. The molecular weight excluding hydrogens is 470 g/mol. The van der Waals surface area contributed by atoms with Crippen molar-refractivity contribution in [2.24, 2.45) is 0 Å². The van der Waals surface area contributed by atoms with Gasteiger partial charge in [-0.3, -0.25) is 9.69 Å². The van der Waals surface area contributed by atoms with Crippen LogP contribution in [0.3, 0.4) is 0 Å². The molecule has 1 aliphatic heterocycles. The number of thiocarbonyl (C=S) groups is 1. The fourth-order valence-electron chi connectivity index (χ4n) is 3.11. The van der Waals surface area contributed by atoms with Crippen molar-refractivity contribution >= 4 is 57.9 Å². The molecule has 1 saturated heterocycles. The largest absolute Gasteiger partial charge is 0.490 e. The van der Waals surface area contributed by atoms with Gasteiger partial charge in [0.25, 0.3) is 5.91 Å². The summed E-state index contributed by atoms with van der Waals surface area (Å²) in [5.41, 5.74) is 1.68. The van der Waals surface area contributed by atoms with E-state index in [1.165, 1.54) is 4.90 Å². The van der Waals surface area contributed by atoms with Crippen LogP contribution in [-0.4, -0.2) is 38.9 Å². The summed E-state index contributed by atoms with van der Waals surface area (Å²) < 4.78 is 11.9. The molecule has 3 rings (SSSR count). The Kier molecular flexibility index (Phi) is 8.17. The average molecular weight is 492 g/mol. The smallest absolute Gasteiger partial charge is 0.326 e. The molecule has 0 aromatic heterocycles. The van der Waals surface area contributed by atoms with E-state index in [1.807, 2.05) is 19.1 Å². The quantitative estimate of drug-likeness (QED) is 0.372. The maximum absolute atomic E-state index is 12.8. The molecule has 2 aromatic rings. The molecule has 1 aliphatic rings. The van der Waals surface area contributed by atoms with Crippen molar-refractivity contribution in [2.45, 2.75) is 32.9 Å². The molecule has 0 spiro atoms. The first-order valence-corrected chi connectivity index (χ1v) is 11.6. The van der Waals surface area contributed by atoms with Crippen LogP contribution in [0, 0.1) is 0 Å². The minimum atomic E-state index is -1.08. The number of hydrogen-bond acceptors (Lipinski definition) is 6. The van der Waals surface area contributed by atoms with Crippen LogP contribution in [-0.2, 0) is 16.2 Å². The summed E-state index contributed by atoms with van der Waals surface area (Å²) >= 11 is 12.3. The summed E-state index contributed by atoms with van der Waals surface area (Å²) in [4.78, 5) is 25.8. The second-order valence-electron chi connectivity index (χ2n) is 6.87. The highest BCUT2D eigenvalue weighted by molar-refractivity contribution is 8.26. The monoisotopic (exact) mass is 491 g/mol. The predicted octanol–water partition coefficient (Wildman–Crippen LogP) is 5.38. The second kappa shape index (κ2) is 10.8. The molecule has 2 aromatic carbocycles. The summed E-state index contributed by atoms with van der Waals surface area (Å²) in [6.07, 6.45) is 1.95. The summed E-state index contributed by atoms with van der Waals surface area (Å²) in [5.74, 6) is -0.368. The van der Waals surface area contributed by atoms with Gasteiger partial charge < -0.3 is 14.6 Å². The summed E-state index contributed by atoms with van der Waals surface area (Å²) in [6, 6.07) is 11.8. The number of nitrogens with zero attached hydrogens (tertiary/aromatic N) is 1. The third kappa shape index (κ3) is 5.62. The normalized spacial score (nSPS) is 15.8. The number of rotatable bonds is 9. The number of carboxylic acids is 1. The minimum absolute atomic E-state index is 0.239. The van der Waals surface area contributed by atoms with Gasteiger partial charge in [-0.25, -0.2) is 4.79 Å². The number of amides is 1. The Balaban J connectivity index is 1.81. The van der Waals surface area contributed by atoms with E-state index < -0.39 is 17.9 Å². The molecule has 1 fully saturated rings. The number of halogens is 1. The van der Waals surface area contributed by atoms with Gasteiger partial charge in [0.1, 0.15) is 17.0 Å². The molecule has 0 bridgehead atoms. The van der Waals surface area contributed by atoms with Crippen LogP contribution in [0.1, 0.15) is 31.4 Å². The fourth-order valence-corrected chi connectivity index (χ4v) is 4.59. The van der Waals surface area contributed by atoms with E-state index in [-0.39, 0.29) is 10.7 Å². The van der Waals surface area contributed by atoms with Crippen molar-refractivity contribution in [1.82, 2.24) is 4.90 Å². The lowest BCUT2D eigenvalue weighted by atomic mass is 10.1. The number of ether oxygens (including phenoxy) is 2. The lowest BCUT2D eigenvalue weighted by Crippen LogP contribution is -2.43. The molecule has 1 unspecified atom stereocenters. The van der Waals surface area contributed by atoms with Crippen LogP contribution < -0.4 is 9.47 Å². The Labute approximate surface area is 201 Å². The zero-order chi connectivity index (χ0) is 23.3. The number of carbonyl (C=O) groups is 2. The van der Waals surface area contributed by atoms with Gasteiger partial charge in [0, 0.05) is 5.02 Å². The molecule has 1 N–H and O–H groups in total. The maximum Gasteiger partial charge on any atom is 0.326 e. The Morgan fingerprint density at radius 2 is 1.91 bits per heavy atom. The van der Waals surface area contributed by atoms with E-state index >= 15 is 0 Å². The van der Waals surface area contributed by atoms with Gasteiger partial charge in [0.2, 0.25) is 0 Å². The van der Waals surface area contributed by atoms with Crippen molar-refractivity contribution in [1.29, 1.82) is 0 Å². The van der Waals surface area contributed by atoms with Gasteiger partial charge >= 0.3 is 5.97 Å². The third-order valence-corrected chi connectivity index (χ3v) is 6.26. The number of hydrogen-bond donors (Lipinski definition) is 1. The van der Waals surface area contributed by atoms with E-state index in [0.29, 0.717) is 34.6 Å². The average Bonchev–Trinajstić information content (AvgIpc) is 3.03. The Hall–Kier alpha value is -2.55. The second-order valence-corrected chi connectivity index (χ2v) is 8.98. The van der Waals surface area contributed by atoms with Gasteiger partial charge in [-0.2, -0.15) is 0 Å². The standard InChI is InChI=1S/C23H22ClNO5S2/c1-3-17(22(27)28)25-21(26)20(32-23(25)31)12-15-7-10-18(19(11-15)29-4-2)30-13-14-5-8-16(24)9-6-14/h5-12,17H,3-4,13H2,1-2H3,(H,27,28). The molecule has 1 amide bonds. The van der Waals surface area contributed by atoms with Gasteiger partial charge in [-0.05, 0) is 54.8 Å². The summed E-state index contributed by atoms with van der Waals surface area (Å²) in [7, 11) is 0. The number of thioether (sulfide) groups is 1. The molecular formula is C23H22ClNO5S2. The topological polar surface area (TPSA) is 76.1 Å². The van der Waals surface area contributed by atoms with Crippen LogP contribution >= 0.6 is 35.6 Å². The first kappa shape index (κ1) is 24.1. The van der Waals surface area contributed by atoms with E-state index in [1.54, 1.807) is 43.3 Å². The SMILES string of the molecule is CCOc1cc(C=C2SC(=S)N(C(CC)C(=O)O)C2=O)ccc1OCc1ccc(Cl)cc1. The van der Waals surface area contributed by atoms with Crippen molar-refractivity contribution in [2.75, 3.05) is 6.61 Å². The van der Waals surface area contributed by atoms with Gasteiger partial charge in [0.05, 0.1) is 11.5 Å². The van der Waals surface area contributed by atoms with Crippen molar-refractivity contribution in [3.63, 3.8) is 0 Å². The summed E-state index contributed by atoms with van der Waals surface area (Å²) in [6.45, 7) is 4.37. The molecule has 1 atom stereocenters. The molecule has 0 radical (unpaired) electrons. The molecule has 32 heavy (non-hydrogen) atoms. The first-order valence-electron chi connectivity index (χ1n) is 9.98. The van der Waals surface area contributed by atoms with Crippen molar-refractivity contribution < 1.29 is 24.2 Å². The number of aliphatic carboxylic acids is 1. The van der Waals surface area contributed by atoms with Crippen LogP contribution in [0.4, 0.5) is 0 Å². The fraction of sp³-hybridized carbons (Fsp3) is 0.261. The Morgan fingerprint density at radius 3 is 2.53 bits per heavy atom. The van der Waals surface area contributed by atoms with Gasteiger partial charge in [-0.15, -0.1) is 0 Å². The zero-order valence-electron chi connectivity index (χ0n) is 17.5. The molecule has 0 saturated carbocycles. The number of carbonyl (C=O) groups excluding carboxylic acids is 1. The van der Waals surface area contributed by atoms with E-state index in [9.17, 15) is 14.7 Å². The highest BCUT2D eigenvalue weighted by Crippen LogP contribution is 2.36. The predicted molar refractivity (Wildman–Crippen MR) is 130 cm³/mol. The van der Waals surface area contributed by atoms with Crippen molar-refractivity contribution in [3.8, 4) is 11.5 Å². The van der Waals surface area contributed by atoms with Gasteiger partial charge in [-0.1, -0.05) is 60.7 Å².